The van der Waals surface area contributed by atoms with Gasteiger partial charge < -0.3 is 10.4 Å². The fraction of sp³-hybridized carbons (Fsp3) is 0.105. The van der Waals surface area contributed by atoms with Crippen LogP contribution in [0.15, 0.2) is 47.8 Å². The topological polar surface area (TPSA) is 79.3 Å². The fourth-order valence-corrected chi connectivity index (χ4v) is 4.03. The number of hydrogen-bond acceptors (Lipinski definition) is 4. The summed E-state index contributed by atoms with van der Waals surface area (Å²) < 4.78 is 0. The predicted molar refractivity (Wildman–Crippen MR) is 111 cm³/mol. The van der Waals surface area contributed by atoms with Gasteiger partial charge in [0.15, 0.2) is 0 Å². The lowest BCUT2D eigenvalue weighted by molar-refractivity contribution is -0.137. The van der Waals surface area contributed by atoms with E-state index in [1.165, 1.54) is 11.3 Å². The third kappa shape index (κ3) is 4.83. The SMILES string of the molecule is O=C(O)CC(NC(=O)c1csc(-c2cccc(Cl)c2Cl)n1)c1cccc(Cl)c1. The first-order valence-corrected chi connectivity index (χ1v) is 10.0. The Morgan fingerprint density at radius 2 is 1.89 bits per heavy atom. The van der Waals surface area contributed by atoms with Gasteiger partial charge in [0, 0.05) is 16.0 Å². The maximum atomic E-state index is 12.6. The molecule has 144 valence electrons. The number of carboxylic acid groups (broad SMARTS) is 1. The minimum atomic E-state index is -1.05. The lowest BCUT2D eigenvalue weighted by Gasteiger charge is -2.17. The van der Waals surface area contributed by atoms with Crippen molar-refractivity contribution in [3.8, 4) is 10.6 Å². The van der Waals surface area contributed by atoms with E-state index in [-0.39, 0.29) is 12.1 Å². The molecule has 28 heavy (non-hydrogen) atoms. The lowest BCUT2D eigenvalue weighted by Crippen LogP contribution is -2.30. The van der Waals surface area contributed by atoms with Crippen molar-refractivity contribution in [1.82, 2.24) is 10.3 Å². The number of nitrogens with zero attached hydrogens (tertiary/aromatic N) is 1. The molecule has 1 unspecified atom stereocenters. The molecular formula is C19H13Cl3N2O3S. The van der Waals surface area contributed by atoms with E-state index < -0.39 is 17.9 Å². The van der Waals surface area contributed by atoms with E-state index in [2.05, 4.69) is 10.3 Å². The highest BCUT2D eigenvalue weighted by atomic mass is 35.5. The molecular weight excluding hydrogens is 443 g/mol. The summed E-state index contributed by atoms with van der Waals surface area (Å²) in [5, 5.41) is 15.2. The highest BCUT2D eigenvalue weighted by Crippen LogP contribution is 2.35. The second-order valence-electron chi connectivity index (χ2n) is 5.82. The van der Waals surface area contributed by atoms with Crippen LogP contribution in [-0.2, 0) is 4.79 Å². The minimum absolute atomic E-state index is 0.161. The number of carbonyl (C=O) groups is 2. The number of aromatic nitrogens is 1. The summed E-state index contributed by atoms with van der Waals surface area (Å²) in [5.74, 6) is -1.54. The number of carboxylic acids is 1. The van der Waals surface area contributed by atoms with Gasteiger partial charge in [-0.1, -0.05) is 59.1 Å². The molecule has 3 rings (SSSR count). The molecule has 0 aliphatic heterocycles. The van der Waals surface area contributed by atoms with Crippen LogP contribution in [0.4, 0.5) is 0 Å². The Kier molecular flexibility index (Phi) is 6.57. The first-order valence-electron chi connectivity index (χ1n) is 8.03. The maximum absolute atomic E-state index is 12.6. The van der Waals surface area contributed by atoms with Crippen LogP contribution >= 0.6 is 46.1 Å². The summed E-state index contributed by atoms with van der Waals surface area (Å²) in [6, 6.07) is 11.1. The van der Waals surface area contributed by atoms with Crippen molar-refractivity contribution in [1.29, 1.82) is 0 Å². The molecule has 0 radical (unpaired) electrons. The van der Waals surface area contributed by atoms with Crippen molar-refractivity contribution < 1.29 is 14.7 Å². The van der Waals surface area contributed by atoms with E-state index in [0.717, 1.165) is 0 Å². The summed E-state index contributed by atoms with van der Waals surface area (Å²) in [4.78, 5) is 28.2. The Morgan fingerprint density at radius 3 is 2.61 bits per heavy atom. The Hall–Kier alpha value is -2.12. The van der Waals surface area contributed by atoms with Crippen molar-refractivity contribution in [2.24, 2.45) is 0 Å². The number of nitrogens with one attached hydrogen (secondary N) is 1. The van der Waals surface area contributed by atoms with Crippen LogP contribution in [-0.4, -0.2) is 22.0 Å². The molecule has 2 N–H and O–H groups in total. The molecule has 1 atom stereocenters. The zero-order valence-corrected chi connectivity index (χ0v) is 17.2. The van der Waals surface area contributed by atoms with Gasteiger partial charge in [-0.3, -0.25) is 9.59 Å². The van der Waals surface area contributed by atoms with Crippen molar-refractivity contribution in [3.63, 3.8) is 0 Å². The summed E-state index contributed by atoms with van der Waals surface area (Å²) in [6.45, 7) is 0. The van der Waals surface area contributed by atoms with Gasteiger partial charge in [-0.15, -0.1) is 11.3 Å². The van der Waals surface area contributed by atoms with Crippen LogP contribution < -0.4 is 5.32 Å². The van der Waals surface area contributed by atoms with Gasteiger partial charge in [0.05, 0.1) is 22.5 Å². The second-order valence-corrected chi connectivity index (χ2v) is 7.90. The summed E-state index contributed by atoms with van der Waals surface area (Å²) in [6.07, 6.45) is -0.288. The molecule has 0 fully saturated rings. The van der Waals surface area contributed by atoms with Crippen LogP contribution in [0.1, 0.15) is 28.5 Å². The Morgan fingerprint density at radius 1 is 1.14 bits per heavy atom. The first kappa shape index (κ1) is 20.6. The van der Waals surface area contributed by atoms with E-state index in [0.29, 0.717) is 31.2 Å². The van der Waals surface area contributed by atoms with Gasteiger partial charge in [-0.2, -0.15) is 0 Å². The molecule has 0 saturated heterocycles. The van der Waals surface area contributed by atoms with E-state index in [1.807, 2.05) is 0 Å². The third-order valence-corrected chi connectivity index (χ3v) is 5.78. The second kappa shape index (κ2) is 8.92. The summed E-state index contributed by atoms with van der Waals surface area (Å²) in [7, 11) is 0. The molecule has 9 heteroatoms. The predicted octanol–water partition coefficient (Wildman–Crippen LogP) is 5.72. The van der Waals surface area contributed by atoms with Crippen LogP contribution in [0.25, 0.3) is 10.6 Å². The van der Waals surface area contributed by atoms with Gasteiger partial charge in [0.25, 0.3) is 5.91 Å². The third-order valence-electron chi connectivity index (χ3n) is 3.85. The van der Waals surface area contributed by atoms with Crippen LogP contribution in [0.5, 0.6) is 0 Å². The van der Waals surface area contributed by atoms with Gasteiger partial charge in [-0.05, 0) is 23.8 Å². The minimum Gasteiger partial charge on any atom is -0.481 e. The summed E-state index contributed by atoms with van der Waals surface area (Å²) >= 11 is 19.5. The van der Waals surface area contributed by atoms with E-state index in [1.54, 1.807) is 47.8 Å². The van der Waals surface area contributed by atoms with Crippen molar-refractivity contribution in [3.05, 3.63) is 74.2 Å². The van der Waals surface area contributed by atoms with Crippen LogP contribution in [0.3, 0.4) is 0 Å². The zero-order valence-electron chi connectivity index (χ0n) is 14.2. The standard InChI is InChI=1S/C19H13Cl3N2O3S/c20-11-4-1-3-10(7-11)14(8-16(25)26)23-18(27)15-9-28-19(24-15)12-5-2-6-13(21)17(12)22/h1-7,9,14H,8H2,(H,23,27)(H,25,26). The number of hydrogen-bond donors (Lipinski definition) is 2. The van der Waals surface area contributed by atoms with Gasteiger partial charge in [-0.25, -0.2) is 4.98 Å². The van der Waals surface area contributed by atoms with Crippen LogP contribution in [0.2, 0.25) is 15.1 Å². The number of carbonyl (C=O) groups excluding carboxylic acids is 1. The maximum Gasteiger partial charge on any atom is 0.305 e. The molecule has 3 aromatic rings. The number of halogens is 3. The largest absolute Gasteiger partial charge is 0.481 e. The van der Waals surface area contributed by atoms with Crippen molar-refractivity contribution in [2.75, 3.05) is 0 Å². The molecule has 1 aromatic heterocycles. The van der Waals surface area contributed by atoms with Gasteiger partial charge >= 0.3 is 5.97 Å². The highest BCUT2D eigenvalue weighted by molar-refractivity contribution is 7.13. The average molecular weight is 456 g/mol. The van der Waals surface area contributed by atoms with Gasteiger partial charge in [0.1, 0.15) is 10.7 Å². The average Bonchev–Trinajstić information content (AvgIpc) is 3.13. The number of amides is 1. The number of thiazole rings is 1. The van der Waals surface area contributed by atoms with Crippen molar-refractivity contribution in [2.45, 2.75) is 12.5 Å². The highest BCUT2D eigenvalue weighted by Gasteiger charge is 2.21. The molecule has 1 amide bonds. The monoisotopic (exact) mass is 454 g/mol. The summed E-state index contributed by atoms with van der Waals surface area (Å²) in [5.41, 5.74) is 1.38. The molecule has 0 aliphatic rings. The molecule has 0 aliphatic carbocycles. The first-order chi connectivity index (χ1) is 13.3. The normalized spacial score (nSPS) is 11.8. The number of rotatable bonds is 6. The fourth-order valence-electron chi connectivity index (χ4n) is 2.55. The molecule has 1 heterocycles. The smallest absolute Gasteiger partial charge is 0.305 e. The van der Waals surface area contributed by atoms with Crippen LogP contribution in [0, 0.1) is 0 Å². The number of benzene rings is 2. The lowest BCUT2D eigenvalue weighted by atomic mass is 10.0. The molecule has 5 nitrogen and oxygen atoms in total. The van der Waals surface area contributed by atoms with E-state index >= 15 is 0 Å². The molecule has 0 spiro atoms. The Bertz CT molecular complexity index is 1040. The van der Waals surface area contributed by atoms with E-state index in [4.69, 9.17) is 34.8 Å². The number of aliphatic carboxylic acids is 1. The zero-order chi connectivity index (χ0) is 20.3. The molecule has 0 bridgehead atoms. The quantitative estimate of drug-likeness (QED) is 0.498. The Balaban J connectivity index is 1.84. The molecule has 0 saturated carbocycles. The Labute approximate surface area is 179 Å². The van der Waals surface area contributed by atoms with E-state index in [9.17, 15) is 14.7 Å². The van der Waals surface area contributed by atoms with Gasteiger partial charge in [0.2, 0.25) is 0 Å². The van der Waals surface area contributed by atoms with Crippen molar-refractivity contribution >= 4 is 58.0 Å². The molecule has 2 aromatic carbocycles.